The second-order valence-corrected chi connectivity index (χ2v) is 7.02. The van der Waals surface area contributed by atoms with E-state index in [1.54, 1.807) is 4.90 Å². The number of thiazole rings is 1. The molecule has 1 fully saturated rings. The van der Waals surface area contributed by atoms with Gasteiger partial charge in [0.1, 0.15) is 11.5 Å². The Balaban J connectivity index is 1.60. The van der Waals surface area contributed by atoms with Gasteiger partial charge in [-0.1, -0.05) is 6.58 Å². The first kappa shape index (κ1) is 17.4. The van der Waals surface area contributed by atoms with Crippen molar-refractivity contribution in [1.29, 1.82) is 0 Å². The Morgan fingerprint density at radius 2 is 2.12 bits per heavy atom. The molecule has 0 unspecified atom stereocenters. The third-order valence-electron chi connectivity index (χ3n) is 4.40. The van der Waals surface area contributed by atoms with E-state index in [1.165, 1.54) is 17.4 Å². The summed E-state index contributed by atoms with van der Waals surface area (Å²) in [4.78, 5) is 30.3. The third-order valence-corrected chi connectivity index (χ3v) is 5.16. The van der Waals surface area contributed by atoms with Crippen molar-refractivity contribution < 1.29 is 14.0 Å². The van der Waals surface area contributed by atoms with Gasteiger partial charge in [-0.2, -0.15) is 0 Å². The maximum Gasteiger partial charge on any atom is 0.245 e. The van der Waals surface area contributed by atoms with Crippen LogP contribution in [-0.2, 0) is 9.59 Å². The van der Waals surface area contributed by atoms with Gasteiger partial charge in [0, 0.05) is 30.0 Å². The highest BCUT2D eigenvalue weighted by Crippen LogP contribution is 2.30. The zero-order valence-electron chi connectivity index (χ0n) is 14.4. The monoisotopic (exact) mass is 359 g/mol. The molecule has 7 heteroatoms. The highest BCUT2D eigenvalue weighted by atomic mass is 32.1. The van der Waals surface area contributed by atoms with E-state index in [1.807, 2.05) is 25.3 Å². The molecule has 0 atom stereocenters. The van der Waals surface area contributed by atoms with Gasteiger partial charge in [0.25, 0.3) is 0 Å². The molecular weight excluding hydrogens is 338 g/mol. The lowest BCUT2D eigenvalue weighted by atomic mass is 9.96. The van der Waals surface area contributed by atoms with Crippen molar-refractivity contribution in [2.75, 3.05) is 18.4 Å². The lowest BCUT2D eigenvalue weighted by molar-refractivity contribution is -0.130. The van der Waals surface area contributed by atoms with Crippen LogP contribution in [0.3, 0.4) is 0 Å². The van der Waals surface area contributed by atoms with E-state index in [-0.39, 0.29) is 17.7 Å². The van der Waals surface area contributed by atoms with Gasteiger partial charge in [0.2, 0.25) is 11.8 Å². The summed E-state index contributed by atoms with van der Waals surface area (Å²) in [6, 6.07) is 1.95. The van der Waals surface area contributed by atoms with Crippen LogP contribution in [0.5, 0.6) is 0 Å². The van der Waals surface area contributed by atoms with Gasteiger partial charge in [-0.15, -0.1) is 11.3 Å². The number of anilines is 1. The van der Waals surface area contributed by atoms with Crippen molar-refractivity contribution in [1.82, 2.24) is 9.88 Å². The molecular formula is C18H21N3O3S. The fourth-order valence-electron chi connectivity index (χ4n) is 3.04. The quantitative estimate of drug-likeness (QED) is 0.849. The summed E-state index contributed by atoms with van der Waals surface area (Å²) in [5.41, 5.74) is 1.76. The van der Waals surface area contributed by atoms with Crippen LogP contribution in [0.2, 0.25) is 0 Å². The Kier molecular flexibility index (Phi) is 5.03. The van der Waals surface area contributed by atoms with Crippen LogP contribution in [-0.4, -0.2) is 34.8 Å². The second-order valence-electron chi connectivity index (χ2n) is 6.16. The molecule has 0 aromatic carbocycles. The number of carbonyl (C=O) groups is 2. The van der Waals surface area contributed by atoms with Crippen LogP contribution in [0.1, 0.15) is 24.4 Å². The first-order valence-corrected chi connectivity index (χ1v) is 9.11. The Labute approximate surface area is 150 Å². The summed E-state index contributed by atoms with van der Waals surface area (Å²) < 4.78 is 5.53. The van der Waals surface area contributed by atoms with E-state index in [4.69, 9.17) is 4.42 Å². The van der Waals surface area contributed by atoms with Crippen molar-refractivity contribution in [3.63, 3.8) is 0 Å². The topological polar surface area (TPSA) is 75.4 Å². The standard InChI is InChI=1S/C18H21N3O3S/c1-4-16(22)21-7-5-13(6-8-21)17(23)20-18-19-15(10-25-18)14-9-11(2)24-12(14)3/h4,9-10,13H,1,5-8H2,2-3H3,(H,19,20,23). The van der Waals surface area contributed by atoms with Crippen LogP contribution in [0.25, 0.3) is 11.3 Å². The molecule has 0 bridgehead atoms. The summed E-state index contributed by atoms with van der Waals surface area (Å²) in [7, 11) is 0. The Morgan fingerprint density at radius 3 is 2.72 bits per heavy atom. The number of carbonyl (C=O) groups excluding carboxylic acids is 2. The number of amides is 2. The smallest absolute Gasteiger partial charge is 0.245 e. The van der Waals surface area contributed by atoms with Gasteiger partial charge in [-0.05, 0) is 38.8 Å². The summed E-state index contributed by atoms with van der Waals surface area (Å²) in [6.45, 7) is 8.46. The zero-order valence-corrected chi connectivity index (χ0v) is 15.2. The molecule has 2 amide bonds. The molecule has 25 heavy (non-hydrogen) atoms. The molecule has 132 valence electrons. The second kappa shape index (κ2) is 7.23. The molecule has 6 nitrogen and oxygen atoms in total. The van der Waals surface area contributed by atoms with Gasteiger partial charge >= 0.3 is 0 Å². The number of nitrogens with zero attached hydrogens (tertiary/aromatic N) is 2. The van der Waals surface area contributed by atoms with E-state index in [9.17, 15) is 9.59 Å². The summed E-state index contributed by atoms with van der Waals surface area (Å²) in [5.74, 6) is 1.45. The van der Waals surface area contributed by atoms with Crippen LogP contribution < -0.4 is 5.32 Å². The fourth-order valence-corrected chi connectivity index (χ4v) is 3.75. The van der Waals surface area contributed by atoms with Crippen LogP contribution in [0.15, 0.2) is 28.5 Å². The molecule has 1 aliphatic rings. The number of piperidine rings is 1. The number of hydrogen-bond donors (Lipinski definition) is 1. The lowest BCUT2D eigenvalue weighted by Crippen LogP contribution is -2.40. The van der Waals surface area contributed by atoms with E-state index in [2.05, 4.69) is 16.9 Å². The number of furan rings is 1. The van der Waals surface area contributed by atoms with Crippen LogP contribution in [0, 0.1) is 19.8 Å². The predicted octanol–water partition coefficient (Wildman–Crippen LogP) is 3.38. The number of aromatic nitrogens is 1. The number of aryl methyl sites for hydroxylation is 2. The average molecular weight is 359 g/mol. The molecule has 0 aliphatic carbocycles. The minimum absolute atomic E-state index is 0.0355. The Morgan fingerprint density at radius 1 is 1.40 bits per heavy atom. The first-order chi connectivity index (χ1) is 12.0. The molecule has 3 rings (SSSR count). The minimum Gasteiger partial charge on any atom is -0.466 e. The van der Waals surface area contributed by atoms with Crippen LogP contribution >= 0.6 is 11.3 Å². The lowest BCUT2D eigenvalue weighted by Gasteiger charge is -2.30. The van der Waals surface area contributed by atoms with E-state index in [0.29, 0.717) is 31.1 Å². The molecule has 3 heterocycles. The van der Waals surface area contributed by atoms with Gasteiger partial charge in [0.05, 0.1) is 5.69 Å². The average Bonchev–Trinajstić information content (AvgIpc) is 3.20. The van der Waals surface area contributed by atoms with Crippen molar-refractivity contribution in [2.24, 2.45) is 5.92 Å². The van der Waals surface area contributed by atoms with Crippen LogP contribution in [0.4, 0.5) is 5.13 Å². The molecule has 0 radical (unpaired) electrons. The maximum absolute atomic E-state index is 12.4. The molecule has 2 aromatic heterocycles. The van der Waals surface area contributed by atoms with Crippen molar-refractivity contribution in [3.8, 4) is 11.3 Å². The normalized spacial score (nSPS) is 15.2. The molecule has 1 aliphatic heterocycles. The number of rotatable bonds is 4. The molecule has 2 aromatic rings. The number of hydrogen-bond acceptors (Lipinski definition) is 5. The first-order valence-electron chi connectivity index (χ1n) is 8.23. The molecule has 1 saturated heterocycles. The van der Waals surface area contributed by atoms with Crippen molar-refractivity contribution in [2.45, 2.75) is 26.7 Å². The van der Waals surface area contributed by atoms with Gasteiger partial charge in [-0.3, -0.25) is 9.59 Å². The van der Waals surface area contributed by atoms with Crippen molar-refractivity contribution >= 4 is 28.3 Å². The number of likely N-dealkylation sites (tertiary alicyclic amines) is 1. The van der Waals surface area contributed by atoms with E-state index >= 15 is 0 Å². The molecule has 0 saturated carbocycles. The van der Waals surface area contributed by atoms with Gasteiger partial charge in [0.15, 0.2) is 5.13 Å². The molecule has 0 spiro atoms. The van der Waals surface area contributed by atoms with Gasteiger partial charge in [-0.25, -0.2) is 4.98 Å². The highest BCUT2D eigenvalue weighted by molar-refractivity contribution is 7.14. The largest absolute Gasteiger partial charge is 0.466 e. The van der Waals surface area contributed by atoms with Crippen molar-refractivity contribution in [3.05, 3.63) is 35.6 Å². The Bertz CT molecular complexity index is 800. The van der Waals surface area contributed by atoms with Gasteiger partial charge < -0.3 is 14.6 Å². The van der Waals surface area contributed by atoms with E-state index in [0.717, 1.165) is 22.8 Å². The van der Waals surface area contributed by atoms with E-state index < -0.39 is 0 Å². The summed E-state index contributed by atoms with van der Waals surface area (Å²) in [5, 5.41) is 5.40. The zero-order chi connectivity index (χ0) is 18.0. The fraction of sp³-hybridized carbons (Fsp3) is 0.389. The summed E-state index contributed by atoms with van der Waals surface area (Å²) in [6.07, 6.45) is 2.63. The Hall–Kier alpha value is -2.41. The highest BCUT2D eigenvalue weighted by Gasteiger charge is 2.27. The molecule has 1 N–H and O–H groups in total. The SMILES string of the molecule is C=CC(=O)N1CCC(C(=O)Nc2nc(-c3cc(C)oc3C)cs2)CC1. The minimum atomic E-state index is -0.0980. The number of nitrogens with one attached hydrogen (secondary N) is 1. The third kappa shape index (κ3) is 3.82. The summed E-state index contributed by atoms with van der Waals surface area (Å²) >= 11 is 1.40. The maximum atomic E-state index is 12.4. The predicted molar refractivity (Wildman–Crippen MR) is 97.4 cm³/mol.